The van der Waals surface area contributed by atoms with Crippen LogP contribution in [0.4, 0.5) is 0 Å². The highest BCUT2D eigenvalue weighted by atomic mass is 16.5. The highest BCUT2D eigenvalue weighted by Gasteiger charge is 2.23. The summed E-state index contributed by atoms with van der Waals surface area (Å²) in [6.45, 7) is 13.1. The van der Waals surface area contributed by atoms with E-state index in [9.17, 15) is 0 Å². The van der Waals surface area contributed by atoms with Crippen molar-refractivity contribution in [2.75, 3.05) is 6.61 Å². The summed E-state index contributed by atoms with van der Waals surface area (Å²) < 4.78 is 7.36. The number of hydrogen-bond acceptors (Lipinski definition) is 2. The van der Waals surface area contributed by atoms with E-state index in [4.69, 9.17) is 4.74 Å². The van der Waals surface area contributed by atoms with Gasteiger partial charge in [-0.05, 0) is 19.3 Å². The Hall–Kier alpha value is -0.990. The van der Waals surface area contributed by atoms with E-state index < -0.39 is 0 Å². The third kappa shape index (κ3) is 3.00. The first-order valence-corrected chi connectivity index (χ1v) is 6.36. The normalized spacial score (nSPS) is 17.1. The maximum absolute atomic E-state index is 5.46. The van der Waals surface area contributed by atoms with Crippen LogP contribution in [0.15, 0.2) is 0 Å². The van der Waals surface area contributed by atoms with Crippen LogP contribution < -0.4 is 4.74 Å². The van der Waals surface area contributed by atoms with Crippen LogP contribution in [0.5, 0.6) is 5.88 Å². The molecule has 0 saturated carbocycles. The lowest BCUT2D eigenvalue weighted by atomic mass is 9.97. The summed E-state index contributed by atoms with van der Waals surface area (Å²) in [5, 5.41) is 4.30. The molecule has 2 rings (SSSR count). The molecule has 1 atom stereocenters. The molecule has 0 saturated heterocycles. The van der Waals surface area contributed by atoms with Gasteiger partial charge in [-0.15, -0.1) is 5.10 Å². The number of rotatable bonds is 0. The van der Waals surface area contributed by atoms with Crippen molar-refractivity contribution in [3.05, 3.63) is 11.3 Å². The average molecular weight is 226 g/mol. The number of aromatic nitrogens is 2. The topological polar surface area (TPSA) is 27.1 Å². The number of nitrogens with zero attached hydrogens (tertiary/aromatic N) is 2. The van der Waals surface area contributed by atoms with Gasteiger partial charge in [-0.25, -0.2) is 0 Å². The molecule has 0 bridgehead atoms. The van der Waals surface area contributed by atoms with E-state index in [0.29, 0.717) is 5.92 Å². The third-order valence-electron chi connectivity index (χ3n) is 2.63. The van der Waals surface area contributed by atoms with E-state index in [1.54, 1.807) is 0 Å². The molecule has 94 valence electrons. The van der Waals surface area contributed by atoms with Crippen molar-refractivity contribution in [3.63, 3.8) is 0 Å². The fraction of sp³-hybridized carbons (Fsp3) is 0.769. The minimum Gasteiger partial charge on any atom is -0.476 e. The predicted molar refractivity (Wildman–Crippen MR) is 69.2 cm³/mol. The molecule has 1 aliphatic heterocycles. The van der Waals surface area contributed by atoms with E-state index in [-0.39, 0.29) is 0 Å². The van der Waals surface area contributed by atoms with Gasteiger partial charge in [0, 0.05) is 18.3 Å². The highest BCUT2D eigenvalue weighted by molar-refractivity contribution is 5.35. The van der Waals surface area contributed by atoms with Crippen molar-refractivity contribution in [1.29, 1.82) is 0 Å². The number of aryl methyl sites for hydroxylation is 1. The second kappa shape index (κ2) is 7.31. The molecule has 3 heteroatoms. The Morgan fingerprint density at radius 1 is 1.25 bits per heavy atom. The van der Waals surface area contributed by atoms with Gasteiger partial charge in [-0.2, -0.15) is 0 Å². The van der Waals surface area contributed by atoms with E-state index >= 15 is 0 Å². The Morgan fingerprint density at radius 2 is 1.81 bits per heavy atom. The van der Waals surface area contributed by atoms with E-state index in [0.717, 1.165) is 18.9 Å². The lowest BCUT2D eigenvalue weighted by Gasteiger charge is -2.18. The smallest absolute Gasteiger partial charge is 0.236 e. The molecule has 1 unspecified atom stereocenters. The largest absolute Gasteiger partial charge is 0.476 e. The minimum atomic E-state index is 0.599. The van der Waals surface area contributed by atoms with E-state index in [2.05, 4.69) is 18.9 Å². The SMILES string of the molecule is CC.CC.Cc1c2c(nn1C)OCCC2C. The van der Waals surface area contributed by atoms with Gasteiger partial charge in [-0.3, -0.25) is 4.68 Å². The zero-order valence-corrected chi connectivity index (χ0v) is 11.8. The van der Waals surface area contributed by atoms with Crippen LogP contribution in [-0.4, -0.2) is 16.4 Å². The minimum absolute atomic E-state index is 0.599. The van der Waals surface area contributed by atoms with Gasteiger partial charge in [0.15, 0.2) is 0 Å². The fourth-order valence-electron chi connectivity index (χ4n) is 1.74. The van der Waals surface area contributed by atoms with Gasteiger partial charge in [0.05, 0.1) is 6.61 Å². The van der Waals surface area contributed by atoms with E-state index in [1.165, 1.54) is 11.3 Å². The summed E-state index contributed by atoms with van der Waals surface area (Å²) in [7, 11) is 1.96. The Balaban J connectivity index is 0.000000509. The van der Waals surface area contributed by atoms with Gasteiger partial charge in [0.2, 0.25) is 5.88 Å². The molecular weight excluding hydrogens is 200 g/mol. The Kier molecular flexibility index (Phi) is 6.86. The van der Waals surface area contributed by atoms with Gasteiger partial charge < -0.3 is 4.74 Å². The molecule has 0 amide bonds. The van der Waals surface area contributed by atoms with Crippen molar-refractivity contribution < 1.29 is 4.74 Å². The van der Waals surface area contributed by atoms with Crippen LogP contribution >= 0.6 is 0 Å². The van der Waals surface area contributed by atoms with Crippen molar-refractivity contribution in [2.45, 2.75) is 53.9 Å². The average Bonchev–Trinajstić information content (AvgIpc) is 2.62. The quantitative estimate of drug-likeness (QED) is 0.675. The fourth-order valence-corrected chi connectivity index (χ4v) is 1.74. The Morgan fingerprint density at radius 3 is 2.31 bits per heavy atom. The molecule has 16 heavy (non-hydrogen) atoms. The monoisotopic (exact) mass is 226 g/mol. The zero-order valence-electron chi connectivity index (χ0n) is 11.8. The summed E-state index contributed by atoms with van der Waals surface area (Å²) in [5.74, 6) is 1.44. The molecule has 3 nitrogen and oxygen atoms in total. The number of fused-ring (bicyclic) bond motifs is 1. The predicted octanol–water partition coefficient (Wildman–Crippen LogP) is 3.67. The van der Waals surface area contributed by atoms with Crippen LogP contribution in [0.1, 0.15) is 58.2 Å². The molecular formula is C13H26N2O. The molecule has 0 fully saturated rings. The van der Waals surface area contributed by atoms with Crippen LogP contribution in [0.3, 0.4) is 0 Å². The number of hydrogen-bond donors (Lipinski definition) is 0. The molecule has 0 spiro atoms. The summed E-state index contributed by atoms with van der Waals surface area (Å²) in [6.07, 6.45) is 1.11. The Labute approximate surface area is 99.8 Å². The van der Waals surface area contributed by atoms with Gasteiger partial charge in [0.25, 0.3) is 0 Å². The maximum atomic E-state index is 5.46. The van der Waals surface area contributed by atoms with Crippen molar-refractivity contribution in [3.8, 4) is 5.88 Å². The van der Waals surface area contributed by atoms with Crippen LogP contribution in [0, 0.1) is 6.92 Å². The lowest BCUT2D eigenvalue weighted by Crippen LogP contribution is -2.11. The van der Waals surface area contributed by atoms with Crippen molar-refractivity contribution in [1.82, 2.24) is 9.78 Å². The van der Waals surface area contributed by atoms with Crippen LogP contribution in [-0.2, 0) is 7.05 Å². The molecule has 1 aliphatic rings. The maximum Gasteiger partial charge on any atom is 0.236 e. The first kappa shape index (κ1) is 15.0. The summed E-state index contributed by atoms with van der Waals surface area (Å²) in [4.78, 5) is 0. The van der Waals surface area contributed by atoms with Gasteiger partial charge in [0.1, 0.15) is 0 Å². The van der Waals surface area contributed by atoms with Crippen LogP contribution in [0.2, 0.25) is 0 Å². The first-order chi connectivity index (χ1) is 7.70. The van der Waals surface area contributed by atoms with Gasteiger partial charge in [-0.1, -0.05) is 34.6 Å². The van der Waals surface area contributed by atoms with Gasteiger partial charge >= 0.3 is 0 Å². The zero-order chi connectivity index (χ0) is 12.7. The highest BCUT2D eigenvalue weighted by Crippen LogP contribution is 2.34. The molecule has 1 aromatic heterocycles. The standard InChI is InChI=1S/C9H14N2O.2C2H6/c1-6-4-5-12-9-8(6)7(2)11(3)10-9;2*1-2/h6H,4-5H2,1-3H3;2*1-2H3. The molecule has 0 N–H and O–H groups in total. The number of ether oxygens (including phenoxy) is 1. The van der Waals surface area contributed by atoms with Crippen LogP contribution in [0.25, 0.3) is 0 Å². The summed E-state index contributed by atoms with van der Waals surface area (Å²) in [5.41, 5.74) is 2.53. The summed E-state index contributed by atoms with van der Waals surface area (Å²) >= 11 is 0. The first-order valence-electron chi connectivity index (χ1n) is 6.36. The third-order valence-corrected chi connectivity index (χ3v) is 2.63. The Bertz CT molecular complexity index is 305. The van der Waals surface area contributed by atoms with Crippen molar-refractivity contribution >= 4 is 0 Å². The van der Waals surface area contributed by atoms with Crippen molar-refractivity contribution in [2.24, 2.45) is 7.05 Å². The second-order valence-corrected chi connectivity index (χ2v) is 3.47. The molecule has 0 aliphatic carbocycles. The molecule has 2 heterocycles. The molecule has 0 radical (unpaired) electrons. The molecule has 0 aromatic carbocycles. The second-order valence-electron chi connectivity index (χ2n) is 3.47. The lowest BCUT2D eigenvalue weighted by molar-refractivity contribution is 0.261. The summed E-state index contributed by atoms with van der Waals surface area (Å²) in [6, 6.07) is 0. The van der Waals surface area contributed by atoms with E-state index in [1.807, 2.05) is 39.4 Å². The molecule has 1 aromatic rings.